The van der Waals surface area contributed by atoms with Crippen LogP contribution in [0.3, 0.4) is 0 Å². The molecule has 0 aliphatic heterocycles. The number of hydrogen-bond donors (Lipinski definition) is 0. The van der Waals surface area contributed by atoms with Gasteiger partial charge in [0, 0.05) is 18.7 Å². The van der Waals surface area contributed by atoms with Crippen LogP contribution in [0, 0.1) is 0 Å². The molecule has 15 heavy (non-hydrogen) atoms. The summed E-state index contributed by atoms with van der Waals surface area (Å²) in [5, 5.41) is 12.4. The van der Waals surface area contributed by atoms with E-state index in [0.29, 0.717) is 18.8 Å². The van der Waals surface area contributed by atoms with Gasteiger partial charge in [0.25, 0.3) is 0 Å². The fourth-order valence-electron chi connectivity index (χ4n) is 1.21. The average molecular weight is 208 g/mol. The Morgan fingerprint density at radius 3 is 2.47 bits per heavy atom. The molecule has 0 amide bonds. The van der Waals surface area contributed by atoms with E-state index in [1.165, 1.54) is 6.07 Å². The third-order valence-corrected chi connectivity index (χ3v) is 2.04. The smallest absolute Gasteiger partial charge is 0.156 e. The lowest BCUT2D eigenvalue weighted by Gasteiger charge is -2.20. The van der Waals surface area contributed by atoms with Crippen molar-refractivity contribution in [2.45, 2.75) is 13.8 Å². The number of carbonyl (C=O) groups is 1. The van der Waals surface area contributed by atoms with Crippen LogP contribution >= 0.6 is 0 Å². The van der Waals surface area contributed by atoms with Crippen molar-refractivity contribution in [2.24, 2.45) is 0 Å². The van der Waals surface area contributed by atoms with E-state index in [9.17, 15) is 9.90 Å². The second-order valence-electron chi connectivity index (χ2n) is 2.99. The van der Waals surface area contributed by atoms with Crippen LogP contribution in [0.1, 0.15) is 24.2 Å². The molecule has 0 atom stereocenters. The summed E-state index contributed by atoms with van der Waals surface area (Å²) in [4.78, 5) is 16.2. The predicted octanol–water partition coefficient (Wildman–Crippen LogP) is 0.686. The van der Waals surface area contributed by atoms with Crippen LogP contribution in [0.15, 0.2) is 24.3 Å². The van der Waals surface area contributed by atoms with E-state index >= 15 is 0 Å². The molecule has 1 aromatic carbocycles. The highest BCUT2D eigenvalue weighted by Gasteiger charge is 2.07. The van der Waals surface area contributed by atoms with E-state index in [1.54, 1.807) is 23.3 Å². The van der Waals surface area contributed by atoms with Gasteiger partial charge in [-0.1, -0.05) is 12.1 Å². The van der Waals surface area contributed by atoms with Gasteiger partial charge in [-0.25, -0.2) is 0 Å². The zero-order valence-electron chi connectivity index (χ0n) is 8.90. The van der Waals surface area contributed by atoms with Crippen molar-refractivity contribution in [3.63, 3.8) is 0 Å². The van der Waals surface area contributed by atoms with Crippen LogP contribution in [-0.4, -0.2) is 24.1 Å². The largest absolute Gasteiger partial charge is 0.545 e. The summed E-state index contributed by atoms with van der Waals surface area (Å²) >= 11 is 0. The first-order chi connectivity index (χ1) is 7.19. The molecule has 0 fully saturated rings. The highest BCUT2D eigenvalue weighted by Crippen LogP contribution is 2.17. The van der Waals surface area contributed by atoms with Crippen LogP contribution in [0.2, 0.25) is 0 Å². The van der Waals surface area contributed by atoms with E-state index in [0.717, 1.165) is 0 Å². The first-order valence-corrected chi connectivity index (χ1v) is 4.92. The summed E-state index contributed by atoms with van der Waals surface area (Å²) in [5.74, 6) is -0.904. The number of hydroxylamine groups is 2. The molecular weight excluding hydrogens is 194 g/mol. The Hall–Kier alpha value is -1.55. The monoisotopic (exact) mass is 208 g/mol. The molecule has 0 heterocycles. The van der Waals surface area contributed by atoms with Gasteiger partial charge in [-0.2, -0.15) is 0 Å². The highest BCUT2D eigenvalue weighted by molar-refractivity contribution is 5.89. The molecule has 0 spiro atoms. The summed E-state index contributed by atoms with van der Waals surface area (Å²) in [5.41, 5.74) is 0.0735. The maximum Gasteiger partial charge on any atom is 0.156 e. The molecule has 0 aliphatic rings. The minimum absolute atomic E-state index is 0.0735. The Morgan fingerprint density at radius 2 is 1.93 bits per heavy atom. The number of rotatable bonds is 5. The third-order valence-electron chi connectivity index (χ3n) is 2.04. The van der Waals surface area contributed by atoms with Gasteiger partial charge in [-0.05, 0) is 26.0 Å². The highest BCUT2D eigenvalue weighted by atomic mass is 16.7. The fraction of sp³-hybridized carbons (Fsp3) is 0.364. The summed E-state index contributed by atoms with van der Waals surface area (Å²) in [6, 6.07) is 6.45. The van der Waals surface area contributed by atoms with Gasteiger partial charge < -0.3 is 14.7 Å². The van der Waals surface area contributed by atoms with Crippen LogP contribution < -0.4 is 9.94 Å². The average Bonchev–Trinajstić information content (AvgIpc) is 2.26. The first-order valence-electron chi connectivity index (χ1n) is 4.92. The fourth-order valence-corrected chi connectivity index (χ4v) is 1.21. The first kappa shape index (κ1) is 11.5. The molecule has 4 heteroatoms. The SMILES string of the molecule is CCN(CC)Oc1ccccc1C(=O)[O-]. The Morgan fingerprint density at radius 1 is 1.33 bits per heavy atom. The quantitative estimate of drug-likeness (QED) is 0.668. The van der Waals surface area contributed by atoms with Gasteiger partial charge >= 0.3 is 0 Å². The summed E-state index contributed by atoms with van der Waals surface area (Å²) in [6.45, 7) is 5.26. The van der Waals surface area contributed by atoms with E-state index in [4.69, 9.17) is 4.84 Å². The number of para-hydroxylation sites is 1. The normalized spacial score (nSPS) is 10.3. The molecule has 0 radical (unpaired) electrons. The standard InChI is InChI=1S/C11H15NO3/c1-3-12(4-2)15-10-8-6-5-7-9(10)11(13)14/h5-8H,3-4H2,1-2H3,(H,13,14)/p-1. The van der Waals surface area contributed by atoms with Gasteiger partial charge in [0.15, 0.2) is 5.75 Å². The molecule has 0 unspecified atom stereocenters. The summed E-state index contributed by atoms with van der Waals surface area (Å²) < 4.78 is 0. The summed E-state index contributed by atoms with van der Waals surface area (Å²) in [6.07, 6.45) is 0. The zero-order valence-corrected chi connectivity index (χ0v) is 8.90. The van der Waals surface area contributed by atoms with Crippen LogP contribution in [0.25, 0.3) is 0 Å². The minimum Gasteiger partial charge on any atom is -0.545 e. The van der Waals surface area contributed by atoms with Gasteiger partial charge in [0.2, 0.25) is 0 Å². The van der Waals surface area contributed by atoms with Gasteiger partial charge in [-0.15, -0.1) is 5.06 Å². The second kappa shape index (κ2) is 5.36. The van der Waals surface area contributed by atoms with Crippen LogP contribution in [0.5, 0.6) is 5.75 Å². The number of benzene rings is 1. The van der Waals surface area contributed by atoms with Crippen molar-refractivity contribution in [1.29, 1.82) is 0 Å². The van der Waals surface area contributed by atoms with Crippen molar-refractivity contribution >= 4 is 5.97 Å². The molecule has 0 aliphatic carbocycles. The topological polar surface area (TPSA) is 52.6 Å². The van der Waals surface area contributed by atoms with Crippen molar-refractivity contribution in [3.8, 4) is 5.75 Å². The lowest BCUT2D eigenvalue weighted by molar-refractivity contribution is -0.255. The third kappa shape index (κ3) is 2.95. The van der Waals surface area contributed by atoms with Crippen molar-refractivity contribution in [1.82, 2.24) is 5.06 Å². The van der Waals surface area contributed by atoms with E-state index in [-0.39, 0.29) is 5.56 Å². The van der Waals surface area contributed by atoms with E-state index < -0.39 is 5.97 Å². The van der Waals surface area contributed by atoms with E-state index in [2.05, 4.69) is 0 Å². The Kier molecular flexibility index (Phi) is 4.12. The van der Waals surface area contributed by atoms with Crippen molar-refractivity contribution in [3.05, 3.63) is 29.8 Å². The Bertz CT molecular complexity index is 334. The molecule has 1 rings (SSSR count). The van der Waals surface area contributed by atoms with Crippen LogP contribution in [-0.2, 0) is 0 Å². The van der Waals surface area contributed by atoms with Crippen molar-refractivity contribution < 1.29 is 14.7 Å². The Labute approximate surface area is 89.0 Å². The van der Waals surface area contributed by atoms with Crippen LogP contribution in [0.4, 0.5) is 0 Å². The number of carboxylic acids is 1. The molecule has 0 aromatic heterocycles. The molecule has 0 saturated heterocycles. The number of carboxylic acid groups (broad SMARTS) is 1. The Balaban J connectivity index is 2.88. The molecule has 0 saturated carbocycles. The summed E-state index contributed by atoms with van der Waals surface area (Å²) in [7, 11) is 0. The molecule has 82 valence electrons. The lowest BCUT2D eigenvalue weighted by Crippen LogP contribution is -2.29. The van der Waals surface area contributed by atoms with Gasteiger partial charge in [0.1, 0.15) is 0 Å². The van der Waals surface area contributed by atoms with Crippen molar-refractivity contribution in [2.75, 3.05) is 13.1 Å². The van der Waals surface area contributed by atoms with E-state index in [1.807, 2.05) is 13.8 Å². The number of hydrogen-bond acceptors (Lipinski definition) is 4. The maximum absolute atomic E-state index is 10.8. The molecule has 0 bridgehead atoms. The number of nitrogens with zero attached hydrogens (tertiary/aromatic N) is 1. The number of aromatic carboxylic acids is 1. The predicted molar refractivity (Wildman–Crippen MR) is 54.3 cm³/mol. The molecule has 4 nitrogen and oxygen atoms in total. The second-order valence-corrected chi connectivity index (χ2v) is 2.99. The van der Waals surface area contributed by atoms with Gasteiger partial charge in [-0.3, -0.25) is 0 Å². The maximum atomic E-state index is 10.8. The number of carbonyl (C=O) groups excluding carboxylic acids is 1. The van der Waals surface area contributed by atoms with Gasteiger partial charge in [0.05, 0.1) is 5.97 Å². The molecule has 0 N–H and O–H groups in total. The zero-order chi connectivity index (χ0) is 11.3. The molecule has 1 aromatic rings. The molecular formula is C11H14NO3-. The minimum atomic E-state index is -1.22. The lowest BCUT2D eigenvalue weighted by atomic mass is 10.2.